The molecule has 2 N–H and O–H groups in total. The van der Waals surface area contributed by atoms with E-state index in [2.05, 4.69) is 11.4 Å². The van der Waals surface area contributed by atoms with Crippen molar-refractivity contribution in [2.75, 3.05) is 13.7 Å². The highest BCUT2D eigenvalue weighted by Gasteiger charge is 2.29. The Morgan fingerprint density at radius 2 is 2.15 bits per heavy atom. The lowest BCUT2D eigenvalue weighted by Gasteiger charge is -2.34. The topological polar surface area (TPSA) is 65.3 Å². The third kappa shape index (κ3) is 3.72. The van der Waals surface area contributed by atoms with Gasteiger partial charge in [-0.2, -0.15) is 5.26 Å². The minimum absolute atomic E-state index is 0.133. The molecule has 4 nitrogen and oxygen atoms in total. The maximum Gasteiger partial charge on any atom is 0.118 e. The maximum absolute atomic E-state index is 10.3. The lowest BCUT2D eigenvalue weighted by Crippen LogP contribution is -2.45. The van der Waals surface area contributed by atoms with Gasteiger partial charge in [-0.3, -0.25) is 0 Å². The zero-order valence-corrected chi connectivity index (χ0v) is 11.9. The van der Waals surface area contributed by atoms with Crippen LogP contribution in [-0.4, -0.2) is 30.9 Å². The first kappa shape index (κ1) is 14.8. The second kappa shape index (κ2) is 7.28. The van der Waals surface area contributed by atoms with Crippen molar-refractivity contribution in [2.24, 2.45) is 0 Å². The van der Waals surface area contributed by atoms with Gasteiger partial charge in [0.15, 0.2) is 0 Å². The number of rotatable bonds is 5. The first-order valence-electron chi connectivity index (χ1n) is 7.17. The smallest absolute Gasteiger partial charge is 0.118 e. The predicted molar refractivity (Wildman–Crippen MR) is 77.6 cm³/mol. The molecule has 0 aliphatic carbocycles. The lowest BCUT2D eigenvalue weighted by molar-refractivity contribution is 0.0916. The Hall–Kier alpha value is -1.57. The van der Waals surface area contributed by atoms with Gasteiger partial charge in [0, 0.05) is 24.9 Å². The molecule has 20 heavy (non-hydrogen) atoms. The standard InChI is InChI=1S/C16H22N2O2/c1-20-14-7-5-12(6-8-14)15-11-18-13(10-16(15)19)4-2-3-9-17/h5-8,13,15-16,18-19H,2-4,10-11H2,1H3/t13-,15-,16-/m0/s1. The van der Waals surface area contributed by atoms with Crippen molar-refractivity contribution < 1.29 is 9.84 Å². The molecule has 4 heteroatoms. The van der Waals surface area contributed by atoms with Crippen molar-refractivity contribution in [2.45, 2.75) is 43.7 Å². The number of methoxy groups -OCH3 is 1. The van der Waals surface area contributed by atoms with E-state index in [0.29, 0.717) is 12.5 Å². The third-order valence-electron chi connectivity index (χ3n) is 4.00. The first-order chi connectivity index (χ1) is 9.74. The van der Waals surface area contributed by atoms with Gasteiger partial charge in [0.2, 0.25) is 0 Å². The van der Waals surface area contributed by atoms with Gasteiger partial charge in [-0.1, -0.05) is 12.1 Å². The van der Waals surface area contributed by atoms with Crippen molar-refractivity contribution in [1.29, 1.82) is 5.26 Å². The van der Waals surface area contributed by atoms with E-state index in [1.54, 1.807) is 7.11 Å². The fraction of sp³-hybridized carbons (Fsp3) is 0.562. The van der Waals surface area contributed by atoms with Crippen LogP contribution in [0.25, 0.3) is 0 Å². The number of nitrogens with zero attached hydrogens (tertiary/aromatic N) is 1. The van der Waals surface area contributed by atoms with Crippen molar-refractivity contribution in [3.05, 3.63) is 29.8 Å². The number of nitrogens with one attached hydrogen (secondary N) is 1. The molecule has 1 fully saturated rings. The van der Waals surface area contributed by atoms with E-state index < -0.39 is 0 Å². The molecule has 1 aliphatic heterocycles. The summed E-state index contributed by atoms with van der Waals surface area (Å²) < 4.78 is 5.15. The van der Waals surface area contributed by atoms with Crippen molar-refractivity contribution in [3.8, 4) is 11.8 Å². The zero-order valence-electron chi connectivity index (χ0n) is 11.9. The van der Waals surface area contributed by atoms with Crippen molar-refractivity contribution in [1.82, 2.24) is 5.32 Å². The first-order valence-corrected chi connectivity index (χ1v) is 7.17. The van der Waals surface area contributed by atoms with Crippen LogP contribution in [0.5, 0.6) is 5.75 Å². The largest absolute Gasteiger partial charge is 0.497 e. The highest BCUT2D eigenvalue weighted by atomic mass is 16.5. The number of unbranched alkanes of at least 4 members (excludes halogenated alkanes) is 1. The molecule has 0 radical (unpaired) electrons. The summed E-state index contributed by atoms with van der Waals surface area (Å²) in [4.78, 5) is 0. The highest BCUT2D eigenvalue weighted by molar-refractivity contribution is 5.30. The average Bonchev–Trinajstić information content (AvgIpc) is 2.48. The van der Waals surface area contributed by atoms with Crippen molar-refractivity contribution >= 4 is 0 Å². The van der Waals surface area contributed by atoms with Gasteiger partial charge in [-0.25, -0.2) is 0 Å². The Morgan fingerprint density at radius 1 is 1.40 bits per heavy atom. The summed E-state index contributed by atoms with van der Waals surface area (Å²) in [7, 11) is 1.65. The summed E-state index contributed by atoms with van der Waals surface area (Å²) in [6.07, 6.45) is 2.88. The molecule has 1 aliphatic rings. The average molecular weight is 274 g/mol. The van der Waals surface area contributed by atoms with Crippen LogP contribution < -0.4 is 10.1 Å². The van der Waals surface area contributed by atoms with Gasteiger partial charge in [0.1, 0.15) is 5.75 Å². The zero-order chi connectivity index (χ0) is 14.4. The fourth-order valence-electron chi connectivity index (χ4n) is 2.81. The minimum atomic E-state index is -0.322. The van der Waals surface area contributed by atoms with Crippen LogP contribution in [0, 0.1) is 11.3 Å². The van der Waals surface area contributed by atoms with E-state index in [9.17, 15) is 5.11 Å². The van der Waals surface area contributed by atoms with E-state index in [4.69, 9.17) is 10.00 Å². The predicted octanol–water partition coefficient (Wildman–Crippen LogP) is 2.20. The van der Waals surface area contributed by atoms with Gasteiger partial charge >= 0.3 is 0 Å². The molecular weight excluding hydrogens is 252 g/mol. The molecule has 0 saturated carbocycles. The monoisotopic (exact) mass is 274 g/mol. The molecule has 1 heterocycles. The molecule has 1 saturated heterocycles. The molecule has 1 aromatic carbocycles. The summed E-state index contributed by atoms with van der Waals surface area (Å²) in [5.41, 5.74) is 1.14. The molecule has 2 rings (SSSR count). The molecule has 0 aromatic heterocycles. The van der Waals surface area contributed by atoms with Gasteiger partial charge < -0.3 is 15.2 Å². The molecule has 108 valence electrons. The van der Waals surface area contributed by atoms with E-state index in [1.165, 1.54) is 0 Å². The summed E-state index contributed by atoms with van der Waals surface area (Å²) in [6, 6.07) is 10.4. The van der Waals surface area contributed by atoms with Crippen LogP contribution in [0.2, 0.25) is 0 Å². The number of ether oxygens (including phenoxy) is 1. The lowest BCUT2D eigenvalue weighted by atomic mass is 9.85. The number of hydrogen-bond donors (Lipinski definition) is 2. The molecule has 0 bridgehead atoms. The third-order valence-corrected chi connectivity index (χ3v) is 4.00. The second-order valence-corrected chi connectivity index (χ2v) is 5.34. The fourth-order valence-corrected chi connectivity index (χ4v) is 2.81. The Kier molecular flexibility index (Phi) is 5.40. The summed E-state index contributed by atoms with van der Waals surface area (Å²) >= 11 is 0. The molecule has 0 spiro atoms. The number of nitriles is 1. The Bertz CT molecular complexity index is 453. The quantitative estimate of drug-likeness (QED) is 0.808. The highest BCUT2D eigenvalue weighted by Crippen LogP contribution is 2.28. The number of hydrogen-bond acceptors (Lipinski definition) is 4. The van der Waals surface area contributed by atoms with E-state index >= 15 is 0 Å². The van der Waals surface area contributed by atoms with Crippen LogP contribution in [-0.2, 0) is 0 Å². The Morgan fingerprint density at radius 3 is 2.75 bits per heavy atom. The second-order valence-electron chi connectivity index (χ2n) is 5.34. The minimum Gasteiger partial charge on any atom is -0.497 e. The SMILES string of the molecule is COc1ccc([C@@H]2CN[C@@H](CCCC#N)C[C@@H]2O)cc1. The number of aliphatic hydroxyl groups is 1. The number of piperidine rings is 1. The van der Waals surface area contributed by atoms with Crippen LogP contribution in [0.3, 0.4) is 0 Å². The van der Waals surface area contributed by atoms with Gasteiger partial charge in [-0.05, 0) is 37.0 Å². The molecule has 1 aromatic rings. The molecule has 0 unspecified atom stereocenters. The summed E-state index contributed by atoms with van der Waals surface area (Å²) in [6.45, 7) is 0.782. The number of aliphatic hydroxyl groups excluding tert-OH is 1. The molecule has 3 atom stereocenters. The molecule has 0 amide bonds. The van der Waals surface area contributed by atoms with Crippen LogP contribution in [0.1, 0.15) is 37.2 Å². The normalized spacial score (nSPS) is 25.9. The van der Waals surface area contributed by atoms with E-state index in [0.717, 1.165) is 37.1 Å². The summed E-state index contributed by atoms with van der Waals surface area (Å²) in [5, 5.41) is 22.4. The number of benzene rings is 1. The van der Waals surface area contributed by atoms with Gasteiger partial charge in [0.05, 0.1) is 19.3 Å². The Labute approximate surface area is 120 Å². The van der Waals surface area contributed by atoms with Gasteiger partial charge in [0.25, 0.3) is 0 Å². The van der Waals surface area contributed by atoms with E-state index in [1.807, 2.05) is 24.3 Å². The van der Waals surface area contributed by atoms with Crippen LogP contribution >= 0.6 is 0 Å². The van der Waals surface area contributed by atoms with Crippen molar-refractivity contribution in [3.63, 3.8) is 0 Å². The summed E-state index contributed by atoms with van der Waals surface area (Å²) in [5.74, 6) is 0.967. The Balaban J connectivity index is 1.90. The molecular formula is C16H22N2O2. The maximum atomic E-state index is 10.3. The van der Waals surface area contributed by atoms with Gasteiger partial charge in [-0.15, -0.1) is 0 Å². The van der Waals surface area contributed by atoms with E-state index in [-0.39, 0.29) is 12.0 Å². The van der Waals surface area contributed by atoms with Crippen LogP contribution in [0.15, 0.2) is 24.3 Å². The van der Waals surface area contributed by atoms with Crippen LogP contribution in [0.4, 0.5) is 0 Å².